The molecule has 0 atom stereocenters. The minimum Gasteiger partial charge on any atom is -0.350 e. The Morgan fingerprint density at radius 2 is 1.67 bits per heavy atom. The first-order valence-corrected chi connectivity index (χ1v) is 7.93. The zero-order valence-electron chi connectivity index (χ0n) is 13.0. The van der Waals surface area contributed by atoms with Gasteiger partial charge in [0.05, 0.1) is 6.54 Å². The van der Waals surface area contributed by atoms with Gasteiger partial charge >= 0.3 is 0 Å². The average molecular weight is 349 g/mol. The highest BCUT2D eigenvalue weighted by Crippen LogP contribution is 2.09. The molecule has 4 nitrogen and oxygen atoms in total. The van der Waals surface area contributed by atoms with Gasteiger partial charge in [-0.3, -0.25) is 9.59 Å². The van der Waals surface area contributed by atoms with Gasteiger partial charge in [0.15, 0.2) is 0 Å². The molecule has 6 heteroatoms. The third-order valence-electron chi connectivity index (χ3n) is 3.43. The van der Waals surface area contributed by atoms with E-state index in [1.54, 1.807) is 30.3 Å². The van der Waals surface area contributed by atoms with Crippen LogP contribution in [0, 0.1) is 5.82 Å². The van der Waals surface area contributed by atoms with Gasteiger partial charge in [0, 0.05) is 18.0 Å². The number of rotatable bonds is 7. The Labute approximate surface area is 145 Å². The van der Waals surface area contributed by atoms with Crippen LogP contribution >= 0.6 is 11.6 Å². The van der Waals surface area contributed by atoms with Crippen molar-refractivity contribution in [2.24, 2.45) is 0 Å². The number of carbonyl (C=O) groups is 2. The second-order valence-electron chi connectivity index (χ2n) is 5.27. The first-order chi connectivity index (χ1) is 11.5. The van der Waals surface area contributed by atoms with E-state index in [9.17, 15) is 14.0 Å². The van der Waals surface area contributed by atoms with E-state index in [1.807, 2.05) is 12.1 Å². The molecule has 0 fully saturated rings. The zero-order valence-corrected chi connectivity index (χ0v) is 13.8. The van der Waals surface area contributed by atoms with Gasteiger partial charge in [-0.05, 0) is 35.7 Å². The summed E-state index contributed by atoms with van der Waals surface area (Å²) in [5.74, 6) is -0.907. The lowest BCUT2D eigenvalue weighted by Gasteiger charge is -2.07. The first kappa shape index (κ1) is 17.9. The maximum absolute atomic E-state index is 13.4. The minimum atomic E-state index is -0.328. The van der Waals surface area contributed by atoms with Crippen LogP contribution in [0.3, 0.4) is 0 Å². The fourth-order valence-corrected chi connectivity index (χ4v) is 2.21. The lowest BCUT2D eigenvalue weighted by molar-refractivity contribution is -0.126. The molecule has 0 aliphatic rings. The summed E-state index contributed by atoms with van der Waals surface area (Å²) in [5, 5.41) is 5.85. The van der Waals surface area contributed by atoms with Crippen LogP contribution in [0.5, 0.6) is 0 Å². The molecule has 0 radical (unpaired) electrons. The number of benzene rings is 2. The van der Waals surface area contributed by atoms with Crippen molar-refractivity contribution < 1.29 is 14.0 Å². The summed E-state index contributed by atoms with van der Waals surface area (Å²) >= 11 is 5.78. The molecule has 2 aromatic rings. The third-order valence-corrected chi connectivity index (χ3v) is 3.68. The first-order valence-electron chi connectivity index (χ1n) is 7.56. The summed E-state index contributed by atoms with van der Waals surface area (Å²) in [7, 11) is 0. The van der Waals surface area contributed by atoms with Gasteiger partial charge in [0.2, 0.25) is 11.8 Å². The van der Waals surface area contributed by atoms with Crippen LogP contribution in [0.4, 0.5) is 4.39 Å². The third kappa shape index (κ3) is 6.01. The molecule has 0 spiro atoms. The topological polar surface area (TPSA) is 58.2 Å². The largest absolute Gasteiger partial charge is 0.350 e. The summed E-state index contributed by atoms with van der Waals surface area (Å²) in [6.07, 6.45) is 0.427. The second kappa shape index (κ2) is 9.03. The fourth-order valence-electron chi connectivity index (χ4n) is 2.08. The molecule has 126 valence electrons. The van der Waals surface area contributed by atoms with Crippen LogP contribution in [-0.4, -0.2) is 18.4 Å². The Morgan fingerprint density at radius 3 is 2.38 bits per heavy atom. The molecule has 0 aromatic heterocycles. The lowest BCUT2D eigenvalue weighted by atomic mass is 10.1. The molecule has 2 N–H and O–H groups in total. The molecule has 0 heterocycles. The highest BCUT2D eigenvalue weighted by atomic mass is 35.5. The van der Waals surface area contributed by atoms with E-state index in [1.165, 1.54) is 6.07 Å². The smallest absolute Gasteiger partial charge is 0.239 e. The summed E-state index contributed by atoms with van der Waals surface area (Å²) in [4.78, 5) is 23.4. The summed E-state index contributed by atoms with van der Waals surface area (Å²) < 4.78 is 13.4. The van der Waals surface area contributed by atoms with Crippen molar-refractivity contribution in [3.63, 3.8) is 0 Å². The van der Waals surface area contributed by atoms with Gasteiger partial charge in [0.25, 0.3) is 0 Å². The number of carbonyl (C=O) groups excluding carboxylic acids is 2. The van der Waals surface area contributed by atoms with Crippen molar-refractivity contribution in [2.45, 2.75) is 19.4 Å². The van der Waals surface area contributed by atoms with Crippen molar-refractivity contribution in [1.29, 1.82) is 0 Å². The lowest BCUT2D eigenvalue weighted by Crippen LogP contribution is -2.36. The highest BCUT2D eigenvalue weighted by molar-refractivity contribution is 6.30. The SMILES string of the molecule is O=C(CCc1ccccc1F)NCC(=O)NCc1ccc(Cl)cc1. The molecule has 2 aromatic carbocycles. The van der Waals surface area contributed by atoms with Crippen LogP contribution < -0.4 is 10.6 Å². The maximum atomic E-state index is 13.4. The van der Waals surface area contributed by atoms with Gasteiger partial charge in [-0.25, -0.2) is 4.39 Å². The van der Waals surface area contributed by atoms with Crippen molar-refractivity contribution in [3.05, 3.63) is 70.5 Å². The molecule has 0 saturated heterocycles. The molecular weight excluding hydrogens is 331 g/mol. The average Bonchev–Trinajstić information content (AvgIpc) is 2.58. The molecule has 24 heavy (non-hydrogen) atoms. The van der Waals surface area contributed by atoms with E-state index in [4.69, 9.17) is 11.6 Å². The summed E-state index contributed by atoms with van der Waals surface area (Å²) in [6, 6.07) is 13.4. The van der Waals surface area contributed by atoms with Crippen molar-refractivity contribution >= 4 is 23.4 Å². The molecular formula is C18H18ClFN2O2. The molecule has 2 amide bonds. The Kier molecular flexibility index (Phi) is 6.75. The number of nitrogens with one attached hydrogen (secondary N) is 2. The molecule has 0 aliphatic heterocycles. The number of hydrogen-bond donors (Lipinski definition) is 2. The van der Waals surface area contributed by atoms with Crippen LogP contribution in [0.2, 0.25) is 5.02 Å². The predicted octanol–water partition coefficient (Wildman–Crippen LogP) is 2.84. The van der Waals surface area contributed by atoms with E-state index < -0.39 is 0 Å². The molecule has 0 aliphatic carbocycles. The standard InChI is InChI=1S/C18H18ClFN2O2/c19-15-8-5-13(6-9-15)11-21-18(24)12-22-17(23)10-7-14-3-1-2-4-16(14)20/h1-6,8-9H,7,10-12H2,(H,21,24)(H,22,23). The van der Waals surface area contributed by atoms with Gasteiger partial charge in [0.1, 0.15) is 5.82 Å². The Morgan fingerprint density at radius 1 is 0.958 bits per heavy atom. The number of hydrogen-bond acceptors (Lipinski definition) is 2. The van der Waals surface area contributed by atoms with Crippen LogP contribution in [0.15, 0.2) is 48.5 Å². The van der Waals surface area contributed by atoms with E-state index in [0.717, 1.165) is 5.56 Å². The van der Waals surface area contributed by atoms with Crippen molar-refractivity contribution in [3.8, 4) is 0 Å². The second-order valence-corrected chi connectivity index (χ2v) is 5.71. The fraction of sp³-hybridized carbons (Fsp3) is 0.222. The Balaban J connectivity index is 1.66. The highest BCUT2D eigenvalue weighted by Gasteiger charge is 2.07. The van der Waals surface area contributed by atoms with E-state index >= 15 is 0 Å². The number of amides is 2. The maximum Gasteiger partial charge on any atom is 0.239 e. The monoisotopic (exact) mass is 348 g/mol. The molecule has 0 saturated carbocycles. The van der Waals surface area contributed by atoms with E-state index in [0.29, 0.717) is 23.6 Å². The predicted molar refractivity (Wildman–Crippen MR) is 91.0 cm³/mol. The molecule has 0 unspecified atom stereocenters. The van der Waals surface area contributed by atoms with Gasteiger partial charge in [-0.2, -0.15) is 0 Å². The van der Waals surface area contributed by atoms with Crippen molar-refractivity contribution in [2.75, 3.05) is 6.54 Å². The quantitative estimate of drug-likeness (QED) is 0.808. The van der Waals surface area contributed by atoms with Gasteiger partial charge < -0.3 is 10.6 Å². The van der Waals surface area contributed by atoms with Gasteiger partial charge in [-0.1, -0.05) is 41.9 Å². The molecule has 0 bridgehead atoms. The van der Waals surface area contributed by atoms with Crippen LogP contribution in [0.25, 0.3) is 0 Å². The van der Waals surface area contributed by atoms with Crippen molar-refractivity contribution in [1.82, 2.24) is 10.6 Å². The normalized spacial score (nSPS) is 10.2. The summed E-state index contributed by atoms with van der Waals surface area (Å²) in [5.41, 5.74) is 1.40. The molecule has 2 rings (SSSR count). The summed E-state index contributed by atoms with van der Waals surface area (Å²) in [6.45, 7) is 0.255. The zero-order chi connectivity index (χ0) is 17.4. The van der Waals surface area contributed by atoms with E-state index in [2.05, 4.69) is 10.6 Å². The van der Waals surface area contributed by atoms with Crippen LogP contribution in [0.1, 0.15) is 17.5 Å². The van der Waals surface area contributed by atoms with Crippen LogP contribution in [-0.2, 0) is 22.6 Å². The minimum absolute atomic E-state index is 0.107. The Bertz CT molecular complexity index is 704. The Hall–Kier alpha value is -2.40. The van der Waals surface area contributed by atoms with Gasteiger partial charge in [-0.15, -0.1) is 0 Å². The number of aryl methyl sites for hydroxylation is 1. The van der Waals surface area contributed by atoms with E-state index in [-0.39, 0.29) is 30.6 Å². The number of halogens is 2.